The Morgan fingerprint density at radius 2 is 1.60 bits per heavy atom. The number of hydrogen-bond acceptors (Lipinski definition) is 3. The lowest BCUT2D eigenvalue weighted by molar-refractivity contribution is 0.483. The van der Waals surface area contributed by atoms with Gasteiger partial charge < -0.3 is 5.32 Å². The van der Waals surface area contributed by atoms with E-state index in [1.807, 2.05) is 18.2 Å². The van der Waals surface area contributed by atoms with E-state index in [2.05, 4.69) is 12.2 Å². The molecule has 0 unspecified atom stereocenters. The van der Waals surface area contributed by atoms with Gasteiger partial charge in [0, 0.05) is 17.6 Å². The molecular formula is C20H29NO3S. The number of nitrogens with one attached hydrogen (secondary N) is 1. The summed E-state index contributed by atoms with van der Waals surface area (Å²) in [7, 11) is -4.16. The molecule has 0 aliphatic rings. The maximum absolute atomic E-state index is 11.3. The predicted molar refractivity (Wildman–Crippen MR) is 105 cm³/mol. The minimum absolute atomic E-state index is 0.0692. The van der Waals surface area contributed by atoms with Crippen molar-refractivity contribution in [3.63, 3.8) is 0 Å². The van der Waals surface area contributed by atoms with E-state index in [0.717, 1.165) is 29.4 Å². The van der Waals surface area contributed by atoms with Gasteiger partial charge in [0.15, 0.2) is 0 Å². The minimum Gasteiger partial charge on any atom is -0.385 e. The Morgan fingerprint density at radius 1 is 0.920 bits per heavy atom. The summed E-state index contributed by atoms with van der Waals surface area (Å²) in [4.78, 5) is -0.0692. The first-order valence-electron chi connectivity index (χ1n) is 9.26. The lowest BCUT2D eigenvalue weighted by atomic mass is 10.1. The largest absolute Gasteiger partial charge is 0.385 e. The average molecular weight is 364 g/mol. The van der Waals surface area contributed by atoms with Gasteiger partial charge in [0.1, 0.15) is 0 Å². The van der Waals surface area contributed by atoms with E-state index >= 15 is 0 Å². The Morgan fingerprint density at radius 3 is 2.28 bits per heavy atom. The van der Waals surface area contributed by atoms with E-state index < -0.39 is 10.1 Å². The number of unbranched alkanes of at least 4 members (excludes halogenated alkanes) is 7. The standard InChI is InChI=1S/C20H29NO3S/c1-2-3-4-5-6-7-8-9-15-21-20-12-10-11-17-16-18(25(22,23)24)13-14-19(17)20/h10-14,16,21H,2-9,15H2,1H3,(H,22,23,24). The van der Waals surface area contributed by atoms with Crippen LogP contribution in [0.1, 0.15) is 58.3 Å². The van der Waals surface area contributed by atoms with Gasteiger partial charge in [-0.25, -0.2) is 0 Å². The Bertz CT molecular complexity index is 772. The van der Waals surface area contributed by atoms with Crippen molar-refractivity contribution in [2.24, 2.45) is 0 Å². The molecule has 0 saturated carbocycles. The van der Waals surface area contributed by atoms with Crippen LogP contribution < -0.4 is 5.32 Å². The summed E-state index contributed by atoms with van der Waals surface area (Å²) >= 11 is 0. The van der Waals surface area contributed by atoms with E-state index in [9.17, 15) is 8.42 Å². The van der Waals surface area contributed by atoms with Gasteiger partial charge in [-0.1, -0.05) is 70.1 Å². The molecule has 2 aromatic carbocycles. The third-order valence-electron chi connectivity index (χ3n) is 4.50. The quantitative estimate of drug-likeness (QED) is 0.400. The third-order valence-corrected chi connectivity index (χ3v) is 5.35. The van der Waals surface area contributed by atoms with E-state index in [-0.39, 0.29) is 4.90 Å². The number of rotatable bonds is 11. The Hall–Kier alpha value is -1.59. The number of fused-ring (bicyclic) bond motifs is 1. The average Bonchev–Trinajstić information content (AvgIpc) is 2.59. The van der Waals surface area contributed by atoms with Crippen LogP contribution in [0.3, 0.4) is 0 Å². The Balaban J connectivity index is 1.83. The van der Waals surface area contributed by atoms with Gasteiger partial charge in [0.25, 0.3) is 10.1 Å². The molecule has 0 aromatic heterocycles. The Kier molecular flexibility index (Phi) is 7.72. The highest BCUT2D eigenvalue weighted by Crippen LogP contribution is 2.26. The second-order valence-corrected chi connectivity index (χ2v) is 7.99. The van der Waals surface area contributed by atoms with Gasteiger partial charge in [-0.15, -0.1) is 0 Å². The molecule has 25 heavy (non-hydrogen) atoms. The molecule has 0 saturated heterocycles. The molecule has 0 fully saturated rings. The number of anilines is 1. The fraction of sp³-hybridized carbons (Fsp3) is 0.500. The Labute approximate surface area is 151 Å². The molecule has 0 aliphatic carbocycles. The molecule has 0 amide bonds. The summed E-state index contributed by atoms with van der Waals surface area (Å²) in [6.45, 7) is 3.15. The molecule has 0 radical (unpaired) electrons. The molecule has 0 heterocycles. The molecule has 2 rings (SSSR count). The number of hydrogen-bond donors (Lipinski definition) is 2. The first-order chi connectivity index (χ1) is 12.0. The second-order valence-electron chi connectivity index (χ2n) is 6.57. The zero-order valence-electron chi connectivity index (χ0n) is 15.0. The first-order valence-corrected chi connectivity index (χ1v) is 10.7. The van der Waals surface area contributed by atoms with Crippen LogP contribution in [0.4, 0.5) is 5.69 Å². The zero-order valence-corrected chi connectivity index (χ0v) is 15.8. The van der Waals surface area contributed by atoms with Crippen molar-refractivity contribution < 1.29 is 13.0 Å². The van der Waals surface area contributed by atoms with Gasteiger partial charge >= 0.3 is 0 Å². The van der Waals surface area contributed by atoms with Crippen molar-refractivity contribution in [2.45, 2.75) is 63.2 Å². The van der Waals surface area contributed by atoms with Gasteiger partial charge in [0.05, 0.1) is 4.90 Å². The molecule has 0 aliphatic heterocycles. The topological polar surface area (TPSA) is 66.4 Å². The van der Waals surface area contributed by atoms with Gasteiger partial charge in [-0.3, -0.25) is 4.55 Å². The van der Waals surface area contributed by atoms with Crippen LogP contribution in [0.2, 0.25) is 0 Å². The third kappa shape index (κ3) is 6.33. The molecule has 5 heteroatoms. The van der Waals surface area contributed by atoms with Crippen LogP contribution in [0.15, 0.2) is 41.3 Å². The fourth-order valence-corrected chi connectivity index (χ4v) is 3.57. The molecule has 0 bridgehead atoms. The minimum atomic E-state index is -4.16. The molecule has 138 valence electrons. The number of benzene rings is 2. The molecule has 2 aromatic rings. The van der Waals surface area contributed by atoms with Crippen LogP contribution >= 0.6 is 0 Å². The van der Waals surface area contributed by atoms with Crippen molar-refractivity contribution in [1.29, 1.82) is 0 Å². The van der Waals surface area contributed by atoms with Crippen molar-refractivity contribution in [2.75, 3.05) is 11.9 Å². The highest BCUT2D eigenvalue weighted by Gasteiger charge is 2.10. The molecule has 0 atom stereocenters. The van der Waals surface area contributed by atoms with Crippen LogP contribution in [-0.2, 0) is 10.1 Å². The summed E-state index contributed by atoms with van der Waals surface area (Å²) in [6.07, 6.45) is 10.3. The normalized spacial score (nSPS) is 11.8. The summed E-state index contributed by atoms with van der Waals surface area (Å²) in [5, 5.41) is 5.21. The van der Waals surface area contributed by atoms with E-state index in [1.165, 1.54) is 57.1 Å². The highest BCUT2D eigenvalue weighted by atomic mass is 32.2. The van der Waals surface area contributed by atoms with Crippen LogP contribution in [0, 0.1) is 0 Å². The van der Waals surface area contributed by atoms with E-state index in [4.69, 9.17) is 4.55 Å². The van der Waals surface area contributed by atoms with Crippen LogP contribution in [0.5, 0.6) is 0 Å². The SMILES string of the molecule is CCCCCCCCCCNc1cccc2cc(S(=O)(=O)O)ccc12. The lowest BCUT2D eigenvalue weighted by Gasteiger charge is -2.10. The molecular weight excluding hydrogens is 334 g/mol. The van der Waals surface area contributed by atoms with Crippen molar-refractivity contribution in [3.05, 3.63) is 36.4 Å². The molecule has 0 spiro atoms. The maximum atomic E-state index is 11.3. The second kappa shape index (κ2) is 9.78. The first kappa shape index (κ1) is 19.7. The van der Waals surface area contributed by atoms with Gasteiger partial charge in [-0.2, -0.15) is 8.42 Å². The summed E-state index contributed by atoms with van der Waals surface area (Å²) in [6, 6.07) is 10.4. The fourth-order valence-electron chi connectivity index (χ4n) is 3.06. The maximum Gasteiger partial charge on any atom is 0.294 e. The van der Waals surface area contributed by atoms with Crippen LogP contribution in [-0.4, -0.2) is 19.5 Å². The highest BCUT2D eigenvalue weighted by molar-refractivity contribution is 7.85. The van der Waals surface area contributed by atoms with Crippen LogP contribution in [0.25, 0.3) is 10.8 Å². The lowest BCUT2D eigenvalue weighted by Crippen LogP contribution is -2.02. The van der Waals surface area contributed by atoms with Crippen molar-refractivity contribution in [3.8, 4) is 0 Å². The van der Waals surface area contributed by atoms with Gasteiger partial charge in [-0.05, 0) is 30.0 Å². The molecule has 2 N–H and O–H groups in total. The van der Waals surface area contributed by atoms with Crippen molar-refractivity contribution >= 4 is 26.6 Å². The zero-order chi connectivity index (χ0) is 18.1. The summed E-state index contributed by atoms with van der Waals surface area (Å²) < 4.78 is 31.7. The summed E-state index contributed by atoms with van der Waals surface area (Å²) in [5.74, 6) is 0. The van der Waals surface area contributed by atoms with E-state index in [0.29, 0.717) is 0 Å². The smallest absolute Gasteiger partial charge is 0.294 e. The monoisotopic (exact) mass is 363 g/mol. The summed E-state index contributed by atoms with van der Waals surface area (Å²) in [5.41, 5.74) is 1.00. The molecule has 4 nitrogen and oxygen atoms in total. The van der Waals surface area contributed by atoms with Gasteiger partial charge in [0.2, 0.25) is 0 Å². The van der Waals surface area contributed by atoms with Crippen molar-refractivity contribution in [1.82, 2.24) is 0 Å². The van der Waals surface area contributed by atoms with E-state index in [1.54, 1.807) is 6.07 Å². The predicted octanol–water partition coefficient (Wildman–Crippen LogP) is 5.64.